The number of para-hydroxylation sites is 1. The first-order valence-electron chi connectivity index (χ1n) is 32.8. The molecule has 1 unspecified atom stereocenters. The number of benzene rings is 8. The largest absolute Gasteiger partial charge is 0.493 e. The Kier molecular flexibility index (Phi) is 23.1. The van der Waals surface area contributed by atoms with Gasteiger partial charge in [-0.15, -0.1) is 0 Å². The van der Waals surface area contributed by atoms with Crippen LogP contribution in [-0.2, 0) is 0 Å². The third-order valence-corrected chi connectivity index (χ3v) is 16.2. The molecule has 9 N–H and O–H groups in total. The highest BCUT2D eigenvalue weighted by atomic mass is 16.5. The Bertz CT molecular complexity index is 5450. The maximum atomic E-state index is 12.3. The predicted molar refractivity (Wildman–Crippen MR) is 407 cm³/mol. The van der Waals surface area contributed by atoms with Gasteiger partial charge in [0.05, 0.1) is 67.2 Å². The number of nitrogens with zero attached hydrogens (tertiary/aromatic N) is 9. The summed E-state index contributed by atoms with van der Waals surface area (Å²) in [6, 6.07) is 61.7. The number of anilines is 3. The van der Waals surface area contributed by atoms with Crippen LogP contribution in [0.3, 0.4) is 0 Å². The molecule has 4 aromatic heterocycles. The molecule has 0 spiro atoms. The molecule has 502 valence electrons. The molecule has 0 aliphatic carbocycles. The van der Waals surface area contributed by atoms with E-state index < -0.39 is 6.10 Å². The number of hydrogen-bond acceptors (Lipinski definition) is 18. The number of aromatic nitrogens is 5. The van der Waals surface area contributed by atoms with Gasteiger partial charge in [0.25, 0.3) is 0 Å². The molecule has 0 fully saturated rings. The molecule has 0 bridgehead atoms. The molecule has 8 aromatic carbocycles. The van der Waals surface area contributed by atoms with E-state index in [0.29, 0.717) is 71.0 Å². The van der Waals surface area contributed by atoms with E-state index in [9.17, 15) is 9.90 Å². The summed E-state index contributed by atoms with van der Waals surface area (Å²) >= 11 is 0. The smallest absolute Gasteiger partial charge is 0.162 e. The van der Waals surface area contributed by atoms with Crippen LogP contribution in [-0.4, -0.2) is 120 Å². The number of rotatable bonds is 10. The fraction of sp³-hybridized carbons (Fsp3) is 0.155. The van der Waals surface area contributed by atoms with E-state index in [0.717, 1.165) is 131 Å². The minimum Gasteiger partial charge on any atom is -0.493 e. The Morgan fingerprint density at radius 2 is 0.990 bits per heavy atom. The summed E-state index contributed by atoms with van der Waals surface area (Å²) in [6.07, 6.45) is 3.69. The topological polar surface area (TPSA) is 274 Å². The number of likely N-dealkylation sites (N-methyl/N-ethyl adjacent to an activating group) is 1. The van der Waals surface area contributed by atoms with Crippen molar-refractivity contribution in [1.82, 2.24) is 40.5 Å². The second-order valence-corrected chi connectivity index (χ2v) is 23.8. The van der Waals surface area contributed by atoms with E-state index in [-0.39, 0.29) is 5.78 Å². The summed E-state index contributed by atoms with van der Waals surface area (Å²) in [7, 11) is 6.96. The van der Waals surface area contributed by atoms with Gasteiger partial charge in [-0.2, -0.15) is 5.26 Å². The lowest BCUT2D eigenvalue weighted by atomic mass is 10.0. The summed E-state index contributed by atoms with van der Waals surface area (Å²) < 4.78 is 10.7. The van der Waals surface area contributed by atoms with Crippen LogP contribution >= 0.6 is 0 Å². The zero-order valence-corrected chi connectivity index (χ0v) is 57.0. The number of Topliss-reactive ketones (excluding diaryl/α,β-unsaturated/α-hetero) is 1. The summed E-state index contributed by atoms with van der Waals surface area (Å²) in [6.45, 7) is 5.88. The van der Waals surface area contributed by atoms with Crippen LogP contribution in [0.5, 0.6) is 11.5 Å². The summed E-state index contributed by atoms with van der Waals surface area (Å²) in [5.74, 6) is 30.6. The van der Waals surface area contributed by atoms with Crippen molar-refractivity contribution in [2.24, 2.45) is 9.98 Å². The summed E-state index contributed by atoms with van der Waals surface area (Å²) in [5, 5.41) is 30.9. The Labute approximate surface area is 592 Å². The second kappa shape index (κ2) is 33.7. The molecule has 0 amide bonds. The molecular formula is C84H72N14O4. The molecule has 1 atom stereocenters. The van der Waals surface area contributed by atoms with Crippen LogP contribution in [0.4, 0.5) is 17.5 Å². The van der Waals surface area contributed by atoms with Crippen LogP contribution in [0.1, 0.15) is 90.4 Å². The van der Waals surface area contributed by atoms with Crippen LogP contribution in [0.2, 0.25) is 0 Å². The minimum atomic E-state index is -0.498. The van der Waals surface area contributed by atoms with Gasteiger partial charge in [-0.25, -0.2) is 24.9 Å². The fourth-order valence-electron chi connectivity index (χ4n) is 11.1. The van der Waals surface area contributed by atoms with Crippen LogP contribution in [0.25, 0.3) is 43.4 Å². The number of nitrogen functional groups attached to an aromatic ring is 3. The minimum absolute atomic E-state index is 0.0241. The van der Waals surface area contributed by atoms with Crippen LogP contribution < -0.4 is 37.3 Å². The number of ketones is 1. The van der Waals surface area contributed by atoms with Crippen molar-refractivity contribution in [1.29, 1.82) is 5.26 Å². The normalized spacial score (nSPS) is 11.9. The van der Waals surface area contributed by atoms with Gasteiger partial charge in [-0.1, -0.05) is 145 Å². The van der Waals surface area contributed by atoms with Gasteiger partial charge < -0.3 is 47.3 Å². The average molecular weight is 1340 g/mol. The molecule has 2 aliphatic rings. The van der Waals surface area contributed by atoms with Crippen molar-refractivity contribution < 1.29 is 19.4 Å². The Morgan fingerprint density at radius 3 is 1.49 bits per heavy atom. The number of amidine groups is 2. The number of nitrogens with one attached hydrogen (secondary N) is 2. The fourth-order valence-corrected chi connectivity index (χ4v) is 11.1. The Balaban J connectivity index is 0.000000137. The average Bonchev–Trinajstić information content (AvgIpc) is 0.836. The number of fused-ring (bicyclic) bond motifs is 4. The summed E-state index contributed by atoms with van der Waals surface area (Å²) in [5.41, 5.74) is 29.5. The molecule has 0 saturated carbocycles. The first-order chi connectivity index (χ1) is 49.7. The van der Waals surface area contributed by atoms with Gasteiger partial charge in [-0.05, 0) is 112 Å². The number of carbonyl (C=O) groups excluding carboxylic acids is 1. The van der Waals surface area contributed by atoms with Crippen molar-refractivity contribution in [2.75, 3.05) is 78.2 Å². The highest BCUT2D eigenvalue weighted by Crippen LogP contribution is 2.33. The number of ether oxygens (including phenoxy) is 2. The molecule has 18 heteroatoms. The van der Waals surface area contributed by atoms with E-state index >= 15 is 0 Å². The van der Waals surface area contributed by atoms with Crippen molar-refractivity contribution in [3.63, 3.8) is 0 Å². The van der Waals surface area contributed by atoms with Gasteiger partial charge in [0.1, 0.15) is 40.6 Å². The van der Waals surface area contributed by atoms with Gasteiger partial charge in [-0.3, -0.25) is 14.8 Å². The zero-order chi connectivity index (χ0) is 71.3. The van der Waals surface area contributed by atoms with E-state index in [1.165, 1.54) is 0 Å². The third-order valence-electron chi connectivity index (χ3n) is 16.2. The first-order valence-corrected chi connectivity index (χ1v) is 32.8. The molecule has 14 rings (SSSR count). The van der Waals surface area contributed by atoms with E-state index in [2.05, 4.69) is 99.0 Å². The number of aliphatic imine (C=N–C) groups is 2. The van der Waals surface area contributed by atoms with Gasteiger partial charge in [0.15, 0.2) is 17.3 Å². The second-order valence-electron chi connectivity index (χ2n) is 23.8. The quantitative estimate of drug-likeness (QED) is 0.0548. The van der Waals surface area contributed by atoms with Crippen LogP contribution in [0, 0.1) is 65.6 Å². The number of methoxy groups -OCH3 is 2. The van der Waals surface area contributed by atoms with Crippen molar-refractivity contribution in [2.45, 2.75) is 25.9 Å². The number of carbonyl (C=O) groups is 1. The molecule has 18 nitrogen and oxygen atoms in total. The van der Waals surface area contributed by atoms with Gasteiger partial charge >= 0.3 is 0 Å². The summed E-state index contributed by atoms with van der Waals surface area (Å²) in [4.78, 5) is 44.8. The predicted octanol–water partition coefficient (Wildman–Crippen LogP) is 11.5. The third kappa shape index (κ3) is 18.2. The molecule has 6 heterocycles. The Hall–Kier alpha value is -13.4. The zero-order valence-electron chi connectivity index (χ0n) is 57.0. The maximum absolute atomic E-state index is 12.3. The van der Waals surface area contributed by atoms with Gasteiger partial charge in [0.2, 0.25) is 0 Å². The van der Waals surface area contributed by atoms with Crippen LogP contribution in [0.15, 0.2) is 210 Å². The lowest BCUT2D eigenvalue weighted by Gasteiger charge is -2.15. The molecular weight excluding hydrogens is 1270 g/mol. The van der Waals surface area contributed by atoms with E-state index in [4.69, 9.17) is 31.9 Å². The number of aliphatic hydroxyl groups is 1. The molecule has 12 aromatic rings. The maximum Gasteiger partial charge on any atom is 0.162 e. The monoisotopic (exact) mass is 1340 g/mol. The standard InChI is InChI=1S/C24H25N3O2.2C20H16N4.C20H15N3O2/c1-27(2)16-20(28)13-14-23(29)18-10-7-17(8-11-18)9-12-19-15-26-24(25)22-6-4-3-5-21(19)22;21-19-18-4-2-1-3-17(18)16(13-24-19)10-7-14-5-8-15(9-6-14)20-22-11-12-23-20;21-19-13-16(17-3-1-2-4-18(17)24-19)10-7-14-5-8-15(9-6-14)20-22-11-12-23-20;1-13-22-17(9-8-14-4-6-15(12-21)7-5-14)16-10-19(24-2)20(25-3)11-18(16)23-13/h3-8,10-11,15,20,28H,13-14,16H2,1-2H3,(H2,25,26);2*1-6,8-9,13H,11-12H2,(H2,21,24)(H,22,23);4-7,10-11H,1-3H3. The highest BCUT2D eigenvalue weighted by molar-refractivity contribution is 6.01. The highest BCUT2D eigenvalue weighted by Gasteiger charge is 2.15. The number of pyridine rings is 3. The van der Waals surface area contributed by atoms with E-state index in [1.807, 2.05) is 190 Å². The lowest BCUT2D eigenvalue weighted by Crippen LogP contribution is -2.26. The van der Waals surface area contributed by atoms with Crippen molar-refractivity contribution in [3.05, 3.63) is 273 Å². The SMILES string of the molecule is CN(C)CC(O)CCC(=O)c1ccc(C#Cc2cnc(N)c3ccccc23)cc1.COc1cc2nc(C)nc(C#Cc3ccc(C#N)cc3)c2cc1OC.Nc1cc(C#Cc2ccc(C3=NCCN3)cc2)c2ccccc2n1.Nc1ncc(C#Cc2ccc(C3=NCCN3)cc2)c2ccccc12. The number of hydrogen-bond donors (Lipinski definition) is 6. The number of aryl methyl sites for hydroxylation is 1. The molecule has 0 saturated heterocycles. The van der Waals surface area contributed by atoms with Crippen molar-refractivity contribution >= 4 is 78.3 Å². The van der Waals surface area contributed by atoms with E-state index in [1.54, 1.807) is 50.9 Å². The number of aliphatic hydroxyl groups excluding tert-OH is 1. The van der Waals surface area contributed by atoms with Crippen molar-refractivity contribution in [3.8, 4) is 64.9 Å². The first kappa shape index (κ1) is 69.9. The van der Waals surface area contributed by atoms with Gasteiger partial charge in [0, 0.05) is 121 Å². The Morgan fingerprint density at radius 1 is 0.529 bits per heavy atom. The lowest BCUT2D eigenvalue weighted by molar-refractivity contribution is 0.0909. The molecule has 2 aliphatic heterocycles. The molecule has 0 radical (unpaired) electrons. The number of nitriles is 1. The molecule has 102 heavy (non-hydrogen) atoms. The number of nitrogens with two attached hydrogens (primary N) is 3.